The second-order valence-corrected chi connectivity index (χ2v) is 12.6. The van der Waals surface area contributed by atoms with Gasteiger partial charge in [-0.05, 0) is 99.1 Å². The third-order valence-electron chi connectivity index (χ3n) is 8.91. The normalized spacial score (nSPS) is 13.9. The van der Waals surface area contributed by atoms with E-state index >= 15 is 0 Å². The molecule has 0 saturated heterocycles. The van der Waals surface area contributed by atoms with E-state index in [9.17, 15) is 0 Å². The number of para-hydroxylation sites is 2. The van der Waals surface area contributed by atoms with Gasteiger partial charge in [0.1, 0.15) is 0 Å². The Bertz CT molecular complexity index is 2140. The fourth-order valence-electron chi connectivity index (χ4n) is 7.44. The Morgan fingerprint density at radius 2 is 1.02 bits per heavy atom. The summed E-state index contributed by atoms with van der Waals surface area (Å²) in [5.41, 5.74) is 13.8. The van der Waals surface area contributed by atoms with E-state index < -0.39 is 5.41 Å². The Morgan fingerprint density at radius 3 is 1.77 bits per heavy atom. The average molecular weight is 639 g/mol. The lowest BCUT2D eigenvalue weighted by Gasteiger charge is -2.31. The maximum absolute atomic E-state index is 3.83. The highest BCUT2D eigenvalue weighted by Crippen LogP contribution is 2.64. The van der Waals surface area contributed by atoms with E-state index in [-0.39, 0.29) is 0 Å². The Balaban J connectivity index is 1.51. The fourth-order valence-corrected chi connectivity index (χ4v) is 8.16. The second kappa shape index (κ2) is 8.06. The minimum Gasteiger partial charge on any atom is -0.309 e. The monoisotopic (exact) mass is 637 g/mol. The summed E-state index contributed by atoms with van der Waals surface area (Å²) in [7, 11) is 0. The molecular weight excluding hydrogens is 618 g/mol. The van der Waals surface area contributed by atoms with Crippen molar-refractivity contribution in [1.29, 1.82) is 0 Å². The van der Waals surface area contributed by atoms with Gasteiger partial charge in [-0.25, -0.2) is 0 Å². The van der Waals surface area contributed by atoms with Crippen molar-refractivity contribution >= 4 is 53.7 Å². The molecule has 0 unspecified atom stereocenters. The van der Waals surface area contributed by atoms with Crippen LogP contribution < -0.4 is 0 Å². The predicted molar refractivity (Wildman–Crippen MR) is 172 cm³/mol. The maximum atomic E-state index is 3.83. The van der Waals surface area contributed by atoms with Crippen molar-refractivity contribution < 1.29 is 0 Å². The lowest BCUT2D eigenvalue weighted by atomic mass is 9.70. The summed E-state index contributed by atoms with van der Waals surface area (Å²) in [4.78, 5) is 0. The maximum Gasteiger partial charge on any atom is 0.0727 e. The van der Waals surface area contributed by atoms with Crippen molar-refractivity contribution in [3.63, 3.8) is 0 Å². The topological polar surface area (TPSA) is 4.93 Å². The molecule has 3 heteroatoms. The molecule has 2 aliphatic carbocycles. The van der Waals surface area contributed by atoms with Crippen LogP contribution in [0.1, 0.15) is 22.3 Å². The molecule has 0 N–H and O–H groups in total. The zero-order chi connectivity index (χ0) is 26.6. The van der Waals surface area contributed by atoms with E-state index in [2.05, 4.69) is 164 Å². The molecule has 0 fully saturated rings. The lowest BCUT2D eigenvalue weighted by Crippen LogP contribution is -2.26. The third kappa shape index (κ3) is 2.77. The molecule has 6 aromatic carbocycles. The van der Waals surface area contributed by atoms with E-state index in [0.717, 1.165) is 8.95 Å². The summed E-state index contributed by atoms with van der Waals surface area (Å²) >= 11 is 7.65. The van der Waals surface area contributed by atoms with E-state index in [4.69, 9.17) is 0 Å². The minimum absolute atomic E-state index is 0.406. The van der Waals surface area contributed by atoms with E-state index in [1.807, 2.05) is 0 Å². The van der Waals surface area contributed by atoms with Crippen LogP contribution >= 0.6 is 31.9 Å². The van der Waals surface area contributed by atoms with Crippen molar-refractivity contribution in [2.24, 2.45) is 0 Å². The quantitative estimate of drug-likeness (QED) is 0.169. The van der Waals surface area contributed by atoms with Gasteiger partial charge in [-0.3, -0.25) is 0 Å². The van der Waals surface area contributed by atoms with Crippen molar-refractivity contribution in [3.8, 4) is 27.9 Å². The first kappa shape index (κ1) is 22.9. The van der Waals surface area contributed by atoms with Crippen LogP contribution in [-0.4, -0.2) is 4.57 Å². The number of benzene rings is 6. The molecule has 0 aliphatic heterocycles. The molecule has 0 radical (unpaired) electrons. The van der Waals surface area contributed by atoms with Crippen molar-refractivity contribution in [2.75, 3.05) is 0 Å². The highest BCUT2D eigenvalue weighted by Gasteiger charge is 2.52. The molecule has 0 saturated carbocycles. The number of hydrogen-bond donors (Lipinski definition) is 0. The summed E-state index contributed by atoms with van der Waals surface area (Å²) in [6.45, 7) is 0. The largest absolute Gasteiger partial charge is 0.309 e. The van der Waals surface area contributed by atoms with Crippen LogP contribution in [0.4, 0.5) is 0 Å². The van der Waals surface area contributed by atoms with Gasteiger partial charge >= 0.3 is 0 Å². The van der Waals surface area contributed by atoms with Gasteiger partial charge in [-0.1, -0.05) is 105 Å². The zero-order valence-corrected chi connectivity index (χ0v) is 24.5. The Morgan fingerprint density at radius 1 is 0.425 bits per heavy atom. The van der Waals surface area contributed by atoms with E-state index in [1.54, 1.807) is 0 Å². The molecule has 1 nitrogen and oxygen atoms in total. The van der Waals surface area contributed by atoms with Crippen molar-refractivity contribution in [2.45, 2.75) is 5.41 Å². The van der Waals surface area contributed by atoms with Gasteiger partial charge in [-0.2, -0.15) is 0 Å². The van der Waals surface area contributed by atoms with Crippen molar-refractivity contribution in [3.05, 3.63) is 159 Å². The molecular formula is C37H21Br2N. The molecule has 40 heavy (non-hydrogen) atoms. The summed E-state index contributed by atoms with van der Waals surface area (Å²) in [5, 5.41) is 2.56. The Hall–Kier alpha value is -3.92. The van der Waals surface area contributed by atoms with Crippen LogP contribution in [0.3, 0.4) is 0 Å². The standard InChI is InChI=1S/C37H21Br2N/c38-22-14-16-26-27-17-15-23(39)19-33(27)37(32(26)18-22)31-12-6-4-10-25(31)29-20-30-28-11-5-7-13-35(28)40(36(30)21-34(29)37)24-8-2-1-3-9-24/h1-21H. The minimum atomic E-state index is -0.406. The molecule has 0 atom stereocenters. The van der Waals surface area contributed by atoms with Crippen LogP contribution in [0.5, 0.6) is 0 Å². The molecule has 188 valence electrons. The molecule has 1 heterocycles. The molecule has 7 aromatic rings. The van der Waals surface area contributed by atoms with Crippen LogP contribution in [0.15, 0.2) is 136 Å². The Kier molecular flexibility index (Phi) is 4.61. The van der Waals surface area contributed by atoms with Crippen LogP contribution in [-0.2, 0) is 5.41 Å². The smallest absolute Gasteiger partial charge is 0.0727 e. The van der Waals surface area contributed by atoms with Gasteiger partial charge in [0.05, 0.1) is 16.4 Å². The first-order chi connectivity index (χ1) is 19.7. The zero-order valence-electron chi connectivity index (χ0n) is 21.3. The van der Waals surface area contributed by atoms with Crippen molar-refractivity contribution in [1.82, 2.24) is 4.57 Å². The SMILES string of the molecule is Brc1ccc2c(c1)C1(c3ccccc3-c3cc4c5ccccc5n(-c5ccccc5)c4cc31)c1cc(Br)ccc1-2. The molecule has 0 bridgehead atoms. The molecule has 9 rings (SSSR count). The second-order valence-electron chi connectivity index (χ2n) is 10.8. The van der Waals surface area contributed by atoms with Gasteiger partial charge in [0.15, 0.2) is 0 Å². The molecule has 2 aliphatic rings. The molecule has 0 amide bonds. The number of hydrogen-bond acceptors (Lipinski definition) is 0. The van der Waals surface area contributed by atoms with Gasteiger partial charge in [0.25, 0.3) is 0 Å². The summed E-state index contributed by atoms with van der Waals surface area (Å²) in [6, 6.07) is 47.1. The van der Waals surface area contributed by atoms with Gasteiger partial charge < -0.3 is 4.57 Å². The predicted octanol–water partition coefficient (Wildman–Crippen LogP) is 10.7. The van der Waals surface area contributed by atoms with Gasteiger partial charge in [-0.15, -0.1) is 0 Å². The van der Waals surface area contributed by atoms with Crippen LogP contribution in [0, 0.1) is 0 Å². The van der Waals surface area contributed by atoms with E-state index in [0.29, 0.717) is 0 Å². The van der Waals surface area contributed by atoms with Crippen LogP contribution in [0.2, 0.25) is 0 Å². The number of rotatable bonds is 1. The Labute approximate surface area is 249 Å². The summed E-state index contributed by atoms with van der Waals surface area (Å²) in [6.07, 6.45) is 0. The van der Waals surface area contributed by atoms with Crippen LogP contribution in [0.25, 0.3) is 49.7 Å². The number of fused-ring (bicyclic) bond motifs is 13. The highest BCUT2D eigenvalue weighted by atomic mass is 79.9. The first-order valence-electron chi connectivity index (χ1n) is 13.5. The van der Waals surface area contributed by atoms with E-state index in [1.165, 1.54) is 72.0 Å². The summed E-state index contributed by atoms with van der Waals surface area (Å²) < 4.78 is 4.63. The van der Waals surface area contributed by atoms with Gasteiger partial charge in [0.2, 0.25) is 0 Å². The summed E-state index contributed by atoms with van der Waals surface area (Å²) in [5.74, 6) is 0. The number of halogens is 2. The third-order valence-corrected chi connectivity index (χ3v) is 9.90. The number of nitrogens with zero attached hydrogens (tertiary/aromatic N) is 1. The highest BCUT2D eigenvalue weighted by molar-refractivity contribution is 9.10. The average Bonchev–Trinajstić information content (AvgIpc) is 3.57. The molecule has 1 aromatic heterocycles. The lowest BCUT2D eigenvalue weighted by molar-refractivity contribution is 0.793. The fraction of sp³-hybridized carbons (Fsp3) is 0.0270. The first-order valence-corrected chi connectivity index (χ1v) is 15.1. The number of aromatic nitrogens is 1. The van der Waals surface area contributed by atoms with Gasteiger partial charge in [0, 0.05) is 25.4 Å². The molecule has 1 spiro atoms.